The molecule has 0 spiro atoms. The molecule has 9 nitrogen and oxygen atoms in total. The van der Waals surface area contributed by atoms with Crippen molar-refractivity contribution in [3.63, 3.8) is 0 Å². The molecule has 0 saturated carbocycles. The minimum absolute atomic E-state index is 0.0721. The molecule has 0 radical (unpaired) electrons. The normalized spacial score (nSPS) is 15.9. The number of nitrogens with two attached hydrogens (primary N) is 1. The monoisotopic (exact) mass is 384 g/mol. The molecule has 0 saturated heterocycles. The van der Waals surface area contributed by atoms with E-state index in [2.05, 4.69) is 10.4 Å². The van der Waals surface area contributed by atoms with Gasteiger partial charge in [-0.1, -0.05) is 17.7 Å². The minimum atomic E-state index is -1.71. The van der Waals surface area contributed by atoms with Crippen LogP contribution in [0, 0.1) is 6.92 Å². The summed E-state index contributed by atoms with van der Waals surface area (Å²) in [5.41, 5.74) is 7.25. The highest BCUT2D eigenvalue weighted by atomic mass is 32.1. The van der Waals surface area contributed by atoms with E-state index in [-0.39, 0.29) is 5.11 Å². The van der Waals surface area contributed by atoms with Gasteiger partial charge in [0, 0.05) is 6.92 Å². The molecule has 26 heavy (non-hydrogen) atoms. The van der Waals surface area contributed by atoms with Crippen molar-refractivity contribution in [1.29, 1.82) is 0 Å². The Hall–Kier alpha value is -2.11. The molecule has 0 aliphatic rings. The van der Waals surface area contributed by atoms with Crippen LogP contribution < -0.4 is 16.1 Å². The van der Waals surface area contributed by atoms with Crippen molar-refractivity contribution in [3.05, 3.63) is 29.8 Å². The fraction of sp³-hybridized carbons (Fsp3) is 0.438. The number of nitrogens with zero attached hydrogens (tertiary/aromatic N) is 2. The summed E-state index contributed by atoms with van der Waals surface area (Å²) in [7, 11) is 0. The lowest BCUT2D eigenvalue weighted by atomic mass is 10.0. The van der Waals surface area contributed by atoms with Gasteiger partial charge in [-0.15, -0.1) is 0 Å². The first kappa shape index (κ1) is 21.9. The Bertz CT molecular complexity index is 640. The highest BCUT2D eigenvalue weighted by Crippen LogP contribution is 2.15. The highest BCUT2D eigenvalue weighted by Gasteiger charge is 2.31. The number of thiocarbonyl (C=S) groups is 1. The van der Waals surface area contributed by atoms with Crippen LogP contribution in [0.3, 0.4) is 0 Å². The Morgan fingerprint density at radius 1 is 1.31 bits per heavy atom. The number of carbonyl (C=O) groups excluding carboxylic acids is 1. The van der Waals surface area contributed by atoms with E-state index in [0.29, 0.717) is 5.69 Å². The molecule has 0 heterocycles. The van der Waals surface area contributed by atoms with Gasteiger partial charge in [-0.2, -0.15) is 5.10 Å². The van der Waals surface area contributed by atoms with Crippen LogP contribution in [0.4, 0.5) is 5.69 Å². The summed E-state index contributed by atoms with van der Waals surface area (Å²) in [6.07, 6.45) is -3.78. The molecule has 0 fully saturated rings. The Morgan fingerprint density at radius 2 is 1.88 bits per heavy atom. The summed E-state index contributed by atoms with van der Waals surface area (Å²) in [5, 5.41) is 46.0. The Labute approximate surface area is 156 Å². The molecule has 1 amide bonds. The predicted molar refractivity (Wildman–Crippen MR) is 102 cm³/mol. The van der Waals surface area contributed by atoms with Crippen molar-refractivity contribution in [1.82, 2.24) is 5.32 Å². The maximum atomic E-state index is 11.4. The molecule has 0 bridgehead atoms. The maximum absolute atomic E-state index is 11.4. The van der Waals surface area contributed by atoms with Gasteiger partial charge in [0.25, 0.3) is 0 Å². The van der Waals surface area contributed by atoms with Crippen molar-refractivity contribution < 1.29 is 25.2 Å². The third-order valence-electron chi connectivity index (χ3n) is 3.50. The lowest BCUT2D eigenvalue weighted by Gasteiger charge is -2.27. The summed E-state index contributed by atoms with van der Waals surface area (Å²) in [4.78, 5) is 11.4. The second-order valence-corrected chi connectivity index (χ2v) is 6.13. The zero-order valence-corrected chi connectivity index (χ0v) is 15.3. The first-order chi connectivity index (χ1) is 12.2. The van der Waals surface area contributed by atoms with Gasteiger partial charge in [0.1, 0.15) is 18.3 Å². The standard InChI is InChI=1S/C16H24N4O5S/c1-9-3-5-11(6-4-9)20(16(17)26)18-7-12(19-10(2)22)14(24)15(25)13(23)8-21/h3-7,12-15,21,23-25H,8H2,1-2H3,(H2,17,26)(H,19,22)/t12-,13+,14+,15+/m0/s1. The second-order valence-electron chi connectivity index (χ2n) is 5.71. The first-order valence-electron chi connectivity index (χ1n) is 7.79. The number of nitrogens with one attached hydrogen (secondary N) is 1. The van der Waals surface area contributed by atoms with Crippen LogP contribution in [-0.4, -0.2) is 68.6 Å². The van der Waals surface area contributed by atoms with E-state index in [9.17, 15) is 20.1 Å². The third kappa shape index (κ3) is 6.32. The number of anilines is 1. The Balaban J connectivity index is 3.07. The van der Waals surface area contributed by atoms with Crippen LogP contribution >= 0.6 is 12.2 Å². The van der Waals surface area contributed by atoms with Crippen LogP contribution in [-0.2, 0) is 4.79 Å². The number of hydrazone groups is 1. The highest BCUT2D eigenvalue weighted by molar-refractivity contribution is 7.80. The van der Waals surface area contributed by atoms with Crippen LogP contribution in [0.2, 0.25) is 0 Å². The number of aliphatic hydroxyl groups is 4. The van der Waals surface area contributed by atoms with Gasteiger partial charge >= 0.3 is 0 Å². The van der Waals surface area contributed by atoms with Gasteiger partial charge in [0.05, 0.1) is 24.6 Å². The van der Waals surface area contributed by atoms with Crippen LogP contribution in [0.5, 0.6) is 0 Å². The number of rotatable bonds is 8. The molecule has 7 N–H and O–H groups in total. The average molecular weight is 384 g/mol. The molecule has 144 valence electrons. The summed E-state index contributed by atoms with van der Waals surface area (Å²) in [6, 6.07) is 5.97. The topological polar surface area (TPSA) is 152 Å². The lowest BCUT2D eigenvalue weighted by Crippen LogP contribution is -2.53. The van der Waals surface area contributed by atoms with Crippen LogP contribution in [0.1, 0.15) is 12.5 Å². The average Bonchev–Trinajstić information content (AvgIpc) is 2.59. The van der Waals surface area contributed by atoms with Crippen molar-refractivity contribution in [2.75, 3.05) is 11.6 Å². The van der Waals surface area contributed by atoms with Gasteiger partial charge < -0.3 is 31.5 Å². The van der Waals surface area contributed by atoms with E-state index in [1.54, 1.807) is 12.1 Å². The zero-order valence-electron chi connectivity index (χ0n) is 14.5. The van der Waals surface area contributed by atoms with E-state index in [1.807, 2.05) is 19.1 Å². The first-order valence-corrected chi connectivity index (χ1v) is 8.20. The van der Waals surface area contributed by atoms with E-state index >= 15 is 0 Å². The van der Waals surface area contributed by atoms with Crippen molar-refractivity contribution >= 4 is 35.1 Å². The van der Waals surface area contributed by atoms with E-state index < -0.39 is 36.9 Å². The number of hydrogen-bond donors (Lipinski definition) is 6. The number of benzene rings is 1. The largest absolute Gasteiger partial charge is 0.394 e. The predicted octanol–water partition coefficient (Wildman–Crippen LogP) is -1.39. The fourth-order valence-electron chi connectivity index (χ4n) is 2.07. The summed E-state index contributed by atoms with van der Waals surface area (Å²) in [5.74, 6) is -0.497. The van der Waals surface area contributed by atoms with E-state index in [0.717, 1.165) is 11.8 Å². The lowest BCUT2D eigenvalue weighted by molar-refractivity contribution is -0.121. The van der Waals surface area contributed by atoms with Gasteiger partial charge in [0.15, 0.2) is 5.11 Å². The Kier molecular flexibility index (Phi) is 8.55. The zero-order chi connectivity index (χ0) is 19.9. The smallest absolute Gasteiger partial charge is 0.217 e. The number of aryl methyl sites for hydroxylation is 1. The molecule has 0 unspecified atom stereocenters. The maximum Gasteiger partial charge on any atom is 0.217 e. The molecule has 1 rings (SSSR count). The van der Waals surface area contributed by atoms with Crippen LogP contribution in [0.15, 0.2) is 29.4 Å². The number of aliphatic hydroxyl groups excluding tert-OH is 4. The Morgan fingerprint density at radius 3 is 2.35 bits per heavy atom. The van der Waals surface area contributed by atoms with Gasteiger partial charge in [0.2, 0.25) is 5.91 Å². The van der Waals surface area contributed by atoms with E-state index in [4.69, 9.17) is 23.1 Å². The van der Waals surface area contributed by atoms with Gasteiger partial charge in [-0.3, -0.25) is 4.79 Å². The molecule has 1 aromatic carbocycles. The third-order valence-corrected chi connectivity index (χ3v) is 3.67. The summed E-state index contributed by atoms with van der Waals surface area (Å²) >= 11 is 4.97. The van der Waals surface area contributed by atoms with Crippen molar-refractivity contribution in [2.24, 2.45) is 10.8 Å². The fourth-order valence-corrected chi connectivity index (χ4v) is 2.22. The minimum Gasteiger partial charge on any atom is -0.394 e. The molecule has 10 heteroatoms. The quantitative estimate of drug-likeness (QED) is 0.182. The van der Waals surface area contributed by atoms with Gasteiger partial charge in [-0.25, -0.2) is 5.01 Å². The number of amides is 1. The SMILES string of the molecule is CC(=O)N[C@@H](C=NN(C(N)=S)c1ccc(C)cc1)[C@@H](O)[C@H](O)[C@H](O)CO. The molecular weight excluding hydrogens is 360 g/mol. The summed E-state index contributed by atoms with van der Waals surface area (Å²) < 4.78 is 0. The van der Waals surface area contributed by atoms with Crippen molar-refractivity contribution in [3.8, 4) is 0 Å². The van der Waals surface area contributed by atoms with Gasteiger partial charge in [-0.05, 0) is 31.3 Å². The van der Waals surface area contributed by atoms with E-state index in [1.165, 1.54) is 11.9 Å². The molecule has 0 aliphatic heterocycles. The molecular formula is C16H24N4O5S. The summed E-state index contributed by atoms with van der Waals surface area (Å²) in [6.45, 7) is 2.37. The molecule has 0 aromatic heterocycles. The molecule has 4 atom stereocenters. The molecule has 0 aliphatic carbocycles. The number of carbonyl (C=O) groups is 1. The van der Waals surface area contributed by atoms with Crippen molar-refractivity contribution in [2.45, 2.75) is 38.2 Å². The number of hydrogen-bond acceptors (Lipinski definition) is 7. The second kappa shape index (κ2) is 10.1. The van der Waals surface area contributed by atoms with Crippen LogP contribution in [0.25, 0.3) is 0 Å². The molecule has 1 aromatic rings.